The summed E-state index contributed by atoms with van der Waals surface area (Å²) in [6.07, 6.45) is 0. The number of fused-ring (bicyclic) bond motifs is 1. The van der Waals surface area contributed by atoms with E-state index in [1.54, 1.807) is 19.1 Å². The summed E-state index contributed by atoms with van der Waals surface area (Å²) in [5.41, 5.74) is 1.22. The second-order valence-corrected chi connectivity index (χ2v) is 7.68. The minimum absolute atomic E-state index is 0.145. The molecule has 0 unspecified atom stereocenters. The van der Waals surface area contributed by atoms with Crippen molar-refractivity contribution in [3.05, 3.63) is 62.3 Å². The molecule has 0 aliphatic rings. The number of ether oxygens (including phenoxy) is 2. The van der Waals surface area contributed by atoms with Gasteiger partial charge in [-0.2, -0.15) is 0 Å². The number of rotatable bonds is 8. The zero-order valence-corrected chi connectivity index (χ0v) is 17.3. The van der Waals surface area contributed by atoms with Crippen LogP contribution in [0.5, 0.6) is 0 Å². The molecular formula is C20H22FN3O4S. The quantitative estimate of drug-likeness (QED) is 0.446. The van der Waals surface area contributed by atoms with Gasteiger partial charge in [0, 0.05) is 13.7 Å². The zero-order valence-electron chi connectivity index (χ0n) is 16.5. The van der Waals surface area contributed by atoms with Gasteiger partial charge in [-0.15, -0.1) is 11.3 Å². The highest BCUT2D eigenvalue weighted by atomic mass is 32.1. The first-order chi connectivity index (χ1) is 13.9. The van der Waals surface area contributed by atoms with Crippen LogP contribution < -0.4 is 5.56 Å². The van der Waals surface area contributed by atoms with E-state index in [4.69, 9.17) is 9.47 Å². The van der Waals surface area contributed by atoms with Crippen molar-refractivity contribution >= 4 is 27.5 Å². The third-order valence-corrected chi connectivity index (χ3v) is 5.51. The van der Waals surface area contributed by atoms with Crippen molar-refractivity contribution in [1.29, 1.82) is 0 Å². The Balaban J connectivity index is 1.78. The number of aromatic amines is 1. The summed E-state index contributed by atoms with van der Waals surface area (Å²) in [5.74, 6) is -0.276. The van der Waals surface area contributed by atoms with E-state index in [1.807, 2.05) is 11.9 Å². The van der Waals surface area contributed by atoms with Crippen molar-refractivity contribution in [2.45, 2.75) is 20.0 Å². The molecule has 3 aromatic rings. The fourth-order valence-corrected chi connectivity index (χ4v) is 4.05. The van der Waals surface area contributed by atoms with Crippen molar-refractivity contribution < 1.29 is 18.7 Å². The molecule has 29 heavy (non-hydrogen) atoms. The highest BCUT2D eigenvalue weighted by Crippen LogP contribution is 2.27. The number of aryl methyl sites for hydroxylation is 1. The Labute approximate surface area is 171 Å². The first-order valence-electron chi connectivity index (χ1n) is 9.00. The van der Waals surface area contributed by atoms with Crippen LogP contribution in [0.1, 0.15) is 26.6 Å². The van der Waals surface area contributed by atoms with Gasteiger partial charge in [-0.05, 0) is 37.2 Å². The molecule has 0 aliphatic carbocycles. The van der Waals surface area contributed by atoms with Gasteiger partial charge in [0.05, 0.1) is 18.5 Å². The molecule has 0 atom stereocenters. The highest BCUT2D eigenvalue weighted by molar-refractivity contribution is 7.20. The van der Waals surface area contributed by atoms with Crippen LogP contribution in [0.4, 0.5) is 4.39 Å². The Morgan fingerprint density at radius 3 is 2.66 bits per heavy atom. The number of benzene rings is 1. The molecule has 0 amide bonds. The monoisotopic (exact) mass is 419 g/mol. The van der Waals surface area contributed by atoms with Gasteiger partial charge in [-0.25, -0.2) is 14.2 Å². The van der Waals surface area contributed by atoms with E-state index >= 15 is 0 Å². The Kier molecular flexibility index (Phi) is 6.73. The number of aromatic nitrogens is 2. The molecule has 0 bridgehead atoms. The first kappa shape index (κ1) is 21.1. The predicted molar refractivity (Wildman–Crippen MR) is 109 cm³/mol. The Morgan fingerprint density at radius 1 is 1.24 bits per heavy atom. The van der Waals surface area contributed by atoms with Crippen molar-refractivity contribution in [3.8, 4) is 0 Å². The minimum Gasteiger partial charge on any atom is -0.459 e. The maximum atomic E-state index is 13.0. The number of nitrogens with one attached hydrogen (secondary N) is 1. The molecular weight excluding hydrogens is 397 g/mol. The van der Waals surface area contributed by atoms with Crippen LogP contribution in [0, 0.1) is 12.7 Å². The topological polar surface area (TPSA) is 84.5 Å². The molecule has 7 nitrogen and oxygen atoms in total. The molecule has 9 heteroatoms. The lowest BCUT2D eigenvalue weighted by Crippen LogP contribution is -2.21. The summed E-state index contributed by atoms with van der Waals surface area (Å²) in [7, 11) is 3.41. The molecule has 3 rings (SSSR count). The van der Waals surface area contributed by atoms with Crippen LogP contribution >= 0.6 is 11.3 Å². The lowest BCUT2D eigenvalue weighted by molar-refractivity contribution is 0.0393. The molecule has 0 aliphatic heterocycles. The number of esters is 1. The summed E-state index contributed by atoms with van der Waals surface area (Å²) in [6.45, 7) is 3.13. The smallest absolute Gasteiger partial charge is 0.348 e. The van der Waals surface area contributed by atoms with Gasteiger partial charge in [0.2, 0.25) is 0 Å². The fourth-order valence-electron chi connectivity index (χ4n) is 2.95. The van der Waals surface area contributed by atoms with Crippen molar-refractivity contribution in [2.75, 3.05) is 27.4 Å². The number of nitrogens with zero attached hydrogens (tertiary/aromatic N) is 2. The van der Waals surface area contributed by atoms with Crippen LogP contribution in [-0.4, -0.2) is 48.2 Å². The maximum absolute atomic E-state index is 13.0. The number of thiophene rings is 1. The summed E-state index contributed by atoms with van der Waals surface area (Å²) in [4.78, 5) is 35.0. The first-order valence-corrected chi connectivity index (χ1v) is 9.82. The third kappa shape index (κ3) is 5.06. The number of carbonyl (C=O) groups is 1. The third-order valence-electron chi connectivity index (χ3n) is 4.34. The maximum Gasteiger partial charge on any atom is 0.348 e. The van der Waals surface area contributed by atoms with Gasteiger partial charge in [-0.3, -0.25) is 9.69 Å². The Hall–Kier alpha value is -2.62. The lowest BCUT2D eigenvalue weighted by atomic mass is 10.2. The molecule has 0 saturated carbocycles. The second-order valence-electron chi connectivity index (χ2n) is 6.68. The molecule has 2 heterocycles. The average Bonchev–Trinajstić information content (AvgIpc) is 3.00. The largest absolute Gasteiger partial charge is 0.459 e. The zero-order chi connectivity index (χ0) is 21.0. The molecule has 154 valence electrons. The van der Waals surface area contributed by atoms with E-state index in [0.29, 0.717) is 46.2 Å². The summed E-state index contributed by atoms with van der Waals surface area (Å²) in [6, 6.07) is 6.26. The van der Waals surface area contributed by atoms with Crippen molar-refractivity contribution in [2.24, 2.45) is 0 Å². The number of H-pyrrole nitrogens is 1. The Bertz CT molecular complexity index is 1060. The molecule has 1 aromatic carbocycles. The standard InChI is InChI=1S/C20H22FN3O4S/c1-12-16-18(25)22-15(11-24(2)10-13-4-6-14(21)7-5-13)23-19(16)29-17(12)20(26)28-9-8-27-3/h4-7H,8-11H2,1-3H3,(H,22,23,25). The van der Waals surface area contributed by atoms with E-state index in [-0.39, 0.29) is 18.0 Å². The van der Waals surface area contributed by atoms with Crippen LogP contribution in [0.15, 0.2) is 29.1 Å². The van der Waals surface area contributed by atoms with Gasteiger partial charge in [0.25, 0.3) is 5.56 Å². The minimum atomic E-state index is -0.489. The van der Waals surface area contributed by atoms with Crippen molar-refractivity contribution in [3.63, 3.8) is 0 Å². The summed E-state index contributed by atoms with van der Waals surface area (Å²) in [5, 5.41) is 0.402. The number of halogens is 1. The highest BCUT2D eigenvalue weighted by Gasteiger charge is 2.20. The average molecular weight is 419 g/mol. The van der Waals surface area contributed by atoms with E-state index in [0.717, 1.165) is 16.9 Å². The molecule has 0 radical (unpaired) electrons. The Morgan fingerprint density at radius 2 is 1.97 bits per heavy atom. The number of carbonyl (C=O) groups excluding carboxylic acids is 1. The van der Waals surface area contributed by atoms with Crippen LogP contribution in [0.25, 0.3) is 10.2 Å². The van der Waals surface area contributed by atoms with Crippen molar-refractivity contribution in [1.82, 2.24) is 14.9 Å². The summed E-state index contributed by atoms with van der Waals surface area (Å²) < 4.78 is 23.1. The lowest BCUT2D eigenvalue weighted by Gasteiger charge is -2.16. The predicted octanol–water partition coefficient (Wildman–Crippen LogP) is 2.87. The van der Waals surface area contributed by atoms with E-state index in [9.17, 15) is 14.0 Å². The number of methoxy groups -OCH3 is 1. The molecule has 0 fully saturated rings. The SMILES string of the molecule is COCCOC(=O)c1sc2nc(CN(C)Cc3ccc(F)cc3)[nH]c(=O)c2c1C. The molecule has 1 N–H and O–H groups in total. The van der Waals surface area contributed by atoms with Gasteiger partial charge >= 0.3 is 5.97 Å². The second kappa shape index (κ2) is 9.25. The van der Waals surface area contributed by atoms with Gasteiger partial charge < -0.3 is 14.5 Å². The number of hydrogen-bond donors (Lipinski definition) is 1. The molecule has 2 aromatic heterocycles. The molecule has 0 spiro atoms. The molecule has 0 saturated heterocycles. The van der Waals surface area contributed by atoms with E-state index in [1.165, 1.54) is 19.2 Å². The summed E-state index contributed by atoms with van der Waals surface area (Å²) >= 11 is 1.14. The fraction of sp³-hybridized carbons (Fsp3) is 0.350. The van der Waals surface area contributed by atoms with Gasteiger partial charge in [0.1, 0.15) is 28.0 Å². The van der Waals surface area contributed by atoms with E-state index < -0.39 is 5.97 Å². The van der Waals surface area contributed by atoms with Crippen LogP contribution in [0.3, 0.4) is 0 Å². The normalized spacial score (nSPS) is 11.3. The number of hydrogen-bond acceptors (Lipinski definition) is 7. The van der Waals surface area contributed by atoms with E-state index in [2.05, 4.69) is 9.97 Å². The van der Waals surface area contributed by atoms with Crippen LogP contribution in [-0.2, 0) is 22.6 Å². The van der Waals surface area contributed by atoms with Gasteiger partial charge in [0.15, 0.2) is 0 Å². The van der Waals surface area contributed by atoms with Gasteiger partial charge in [-0.1, -0.05) is 12.1 Å². The van der Waals surface area contributed by atoms with Crippen LogP contribution in [0.2, 0.25) is 0 Å².